The third-order valence-electron chi connectivity index (χ3n) is 3.41. The van der Waals surface area contributed by atoms with E-state index in [1.165, 1.54) is 11.0 Å². The summed E-state index contributed by atoms with van der Waals surface area (Å²) in [5.74, 6) is 1.59. The number of nitrogens with one attached hydrogen (secondary N) is 1. The Morgan fingerprint density at radius 1 is 1.33 bits per heavy atom. The average Bonchev–Trinajstić information content (AvgIpc) is 3.09. The van der Waals surface area contributed by atoms with Gasteiger partial charge in [-0.1, -0.05) is 6.92 Å². The number of hydrogen-bond acceptors (Lipinski definition) is 8. The molecule has 0 saturated carbocycles. The van der Waals surface area contributed by atoms with Gasteiger partial charge in [-0.3, -0.25) is 0 Å². The molecule has 1 atom stereocenters. The molecule has 0 radical (unpaired) electrons. The van der Waals surface area contributed by atoms with Crippen molar-refractivity contribution in [2.45, 2.75) is 19.4 Å². The predicted octanol–water partition coefficient (Wildman–Crippen LogP) is 0.109. The minimum absolute atomic E-state index is 0.273. The van der Waals surface area contributed by atoms with Crippen molar-refractivity contribution in [1.29, 1.82) is 0 Å². The molecule has 1 aliphatic heterocycles. The van der Waals surface area contributed by atoms with Crippen molar-refractivity contribution in [3.63, 3.8) is 0 Å². The molecule has 9 heteroatoms. The molecule has 1 saturated heterocycles. The van der Waals surface area contributed by atoms with E-state index in [2.05, 4.69) is 42.2 Å². The Hall–Kier alpha value is -2.29. The summed E-state index contributed by atoms with van der Waals surface area (Å²) in [7, 11) is 1.78. The van der Waals surface area contributed by atoms with Gasteiger partial charge in [-0.15, -0.1) is 0 Å². The van der Waals surface area contributed by atoms with E-state index in [1.54, 1.807) is 13.4 Å². The van der Waals surface area contributed by atoms with E-state index in [0.717, 1.165) is 13.0 Å². The van der Waals surface area contributed by atoms with Gasteiger partial charge in [-0.05, 0) is 6.42 Å². The standard InChI is InChI=1S/C12H18N8O/c1-3-9-6-21-5-4-19(9)11-16-10(13-2)17-12(18-11)20-8-14-7-15-20/h7-9H,3-6H2,1-2H3,(H,13,16,17,18). The molecule has 0 spiro atoms. The van der Waals surface area contributed by atoms with Gasteiger partial charge in [0.2, 0.25) is 11.9 Å². The predicted molar refractivity (Wildman–Crippen MR) is 76.5 cm³/mol. The minimum atomic E-state index is 0.273. The number of hydrogen-bond donors (Lipinski definition) is 1. The van der Waals surface area contributed by atoms with Crippen molar-refractivity contribution in [3.05, 3.63) is 12.7 Å². The highest BCUT2D eigenvalue weighted by atomic mass is 16.5. The number of morpholine rings is 1. The minimum Gasteiger partial charge on any atom is -0.377 e. The highest BCUT2D eigenvalue weighted by Gasteiger charge is 2.25. The third kappa shape index (κ3) is 2.77. The monoisotopic (exact) mass is 290 g/mol. The first-order chi connectivity index (χ1) is 10.3. The maximum atomic E-state index is 5.53. The fourth-order valence-electron chi connectivity index (χ4n) is 2.26. The molecule has 21 heavy (non-hydrogen) atoms. The van der Waals surface area contributed by atoms with E-state index in [1.807, 2.05) is 0 Å². The van der Waals surface area contributed by atoms with Crippen LogP contribution >= 0.6 is 0 Å². The van der Waals surface area contributed by atoms with Crippen LogP contribution in [0.15, 0.2) is 12.7 Å². The van der Waals surface area contributed by atoms with Crippen molar-refractivity contribution < 1.29 is 4.74 Å². The molecule has 0 amide bonds. The highest BCUT2D eigenvalue weighted by molar-refractivity contribution is 5.41. The lowest BCUT2D eigenvalue weighted by molar-refractivity contribution is 0.0921. The second-order valence-electron chi connectivity index (χ2n) is 4.68. The van der Waals surface area contributed by atoms with Crippen LogP contribution in [-0.4, -0.2) is 62.6 Å². The van der Waals surface area contributed by atoms with E-state index >= 15 is 0 Å². The van der Waals surface area contributed by atoms with Gasteiger partial charge in [-0.25, -0.2) is 4.98 Å². The maximum Gasteiger partial charge on any atom is 0.258 e. The summed E-state index contributed by atoms with van der Waals surface area (Å²) in [6.07, 6.45) is 3.99. The zero-order chi connectivity index (χ0) is 14.7. The van der Waals surface area contributed by atoms with Crippen LogP contribution in [0, 0.1) is 0 Å². The number of anilines is 2. The Kier molecular flexibility index (Phi) is 3.91. The number of nitrogens with zero attached hydrogens (tertiary/aromatic N) is 7. The van der Waals surface area contributed by atoms with Gasteiger partial charge < -0.3 is 15.0 Å². The van der Waals surface area contributed by atoms with Gasteiger partial charge >= 0.3 is 0 Å². The summed E-state index contributed by atoms with van der Waals surface area (Å²) in [6, 6.07) is 0.273. The molecule has 112 valence electrons. The summed E-state index contributed by atoms with van der Waals surface area (Å²) < 4.78 is 7.05. The molecular weight excluding hydrogens is 272 g/mol. The summed E-state index contributed by atoms with van der Waals surface area (Å²) in [5, 5.41) is 7.03. The van der Waals surface area contributed by atoms with Crippen LogP contribution < -0.4 is 10.2 Å². The van der Waals surface area contributed by atoms with Crippen LogP contribution in [0.5, 0.6) is 0 Å². The van der Waals surface area contributed by atoms with Gasteiger partial charge in [0.15, 0.2) is 0 Å². The van der Waals surface area contributed by atoms with Crippen molar-refractivity contribution in [2.24, 2.45) is 0 Å². The highest BCUT2D eigenvalue weighted by Crippen LogP contribution is 2.19. The molecule has 1 unspecified atom stereocenters. The first kappa shape index (κ1) is 13.7. The fraction of sp³-hybridized carbons (Fsp3) is 0.583. The Balaban J connectivity index is 1.99. The molecule has 3 rings (SSSR count). The van der Waals surface area contributed by atoms with Crippen LogP contribution in [0.25, 0.3) is 5.95 Å². The number of rotatable bonds is 4. The Morgan fingerprint density at radius 3 is 2.90 bits per heavy atom. The summed E-state index contributed by atoms with van der Waals surface area (Å²) in [6.45, 7) is 4.26. The quantitative estimate of drug-likeness (QED) is 0.848. The molecular formula is C12H18N8O. The lowest BCUT2D eigenvalue weighted by Gasteiger charge is -2.35. The van der Waals surface area contributed by atoms with Crippen LogP contribution in [0.2, 0.25) is 0 Å². The van der Waals surface area contributed by atoms with Crippen LogP contribution in [0.1, 0.15) is 13.3 Å². The first-order valence-corrected chi connectivity index (χ1v) is 6.95. The molecule has 2 aromatic rings. The smallest absolute Gasteiger partial charge is 0.258 e. The zero-order valence-corrected chi connectivity index (χ0v) is 12.1. The van der Waals surface area contributed by atoms with E-state index in [-0.39, 0.29) is 6.04 Å². The van der Waals surface area contributed by atoms with Crippen LogP contribution in [0.3, 0.4) is 0 Å². The SMILES string of the molecule is CCC1COCCN1c1nc(NC)nc(-n2cncn2)n1. The van der Waals surface area contributed by atoms with Crippen molar-refractivity contribution in [2.75, 3.05) is 37.0 Å². The lowest BCUT2D eigenvalue weighted by atomic mass is 10.2. The third-order valence-corrected chi connectivity index (χ3v) is 3.41. The zero-order valence-electron chi connectivity index (χ0n) is 12.1. The van der Waals surface area contributed by atoms with E-state index in [9.17, 15) is 0 Å². The van der Waals surface area contributed by atoms with Crippen LogP contribution in [0.4, 0.5) is 11.9 Å². The Labute approximate surface area is 122 Å². The topological polar surface area (TPSA) is 93.9 Å². The van der Waals surface area contributed by atoms with Gasteiger partial charge in [0.25, 0.3) is 5.95 Å². The van der Waals surface area contributed by atoms with E-state index in [0.29, 0.717) is 31.1 Å². The molecule has 1 aliphatic rings. The summed E-state index contributed by atoms with van der Waals surface area (Å²) >= 11 is 0. The van der Waals surface area contributed by atoms with Crippen molar-refractivity contribution in [3.8, 4) is 5.95 Å². The molecule has 9 nitrogen and oxygen atoms in total. The van der Waals surface area contributed by atoms with Crippen molar-refractivity contribution >= 4 is 11.9 Å². The number of aromatic nitrogens is 6. The van der Waals surface area contributed by atoms with Gasteiger partial charge in [0.1, 0.15) is 12.7 Å². The second kappa shape index (κ2) is 6.00. The van der Waals surface area contributed by atoms with E-state index in [4.69, 9.17) is 4.74 Å². The lowest BCUT2D eigenvalue weighted by Crippen LogP contribution is -2.46. The van der Waals surface area contributed by atoms with Gasteiger partial charge in [0.05, 0.1) is 19.3 Å². The molecule has 3 heterocycles. The Bertz CT molecular complexity index is 587. The molecule has 1 N–H and O–H groups in total. The molecule has 2 aromatic heterocycles. The normalized spacial score (nSPS) is 18.8. The van der Waals surface area contributed by atoms with Crippen molar-refractivity contribution in [1.82, 2.24) is 29.7 Å². The average molecular weight is 290 g/mol. The van der Waals surface area contributed by atoms with Gasteiger partial charge in [-0.2, -0.15) is 24.7 Å². The van der Waals surface area contributed by atoms with E-state index < -0.39 is 0 Å². The second-order valence-corrected chi connectivity index (χ2v) is 4.68. The largest absolute Gasteiger partial charge is 0.377 e. The first-order valence-electron chi connectivity index (χ1n) is 6.95. The maximum absolute atomic E-state index is 5.53. The Morgan fingerprint density at radius 2 is 2.19 bits per heavy atom. The fourth-order valence-corrected chi connectivity index (χ4v) is 2.26. The number of ether oxygens (including phenoxy) is 1. The summed E-state index contributed by atoms with van der Waals surface area (Å²) in [4.78, 5) is 19.4. The summed E-state index contributed by atoms with van der Waals surface area (Å²) in [5.41, 5.74) is 0. The molecule has 0 bridgehead atoms. The molecule has 0 aromatic carbocycles. The van der Waals surface area contributed by atoms with Gasteiger partial charge in [0, 0.05) is 13.6 Å². The molecule has 0 aliphatic carbocycles. The van der Waals surface area contributed by atoms with Crippen LogP contribution in [-0.2, 0) is 4.74 Å². The molecule has 1 fully saturated rings.